The number of halogens is 1. The number of hydrogen-bond acceptors (Lipinski definition) is 2. The summed E-state index contributed by atoms with van der Waals surface area (Å²) in [6, 6.07) is 13.0. The summed E-state index contributed by atoms with van der Waals surface area (Å²) in [5.41, 5.74) is 1.45. The van der Waals surface area contributed by atoms with E-state index >= 15 is 0 Å². The monoisotopic (exact) mass is 266 g/mol. The third-order valence-corrected chi connectivity index (χ3v) is 4.38. The molecule has 2 nitrogen and oxygen atoms in total. The maximum absolute atomic E-state index is 3.75. The Hall–Kier alpha value is -0.570. The van der Waals surface area contributed by atoms with Gasteiger partial charge in [-0.25, -0.2) is 0 Å². The van der Waals surface area contributed by atoms with Crippen LogP contribution in [-0.2, 0) is 0 Å². The van der Waals surface area contributed by atoms with Crippen molar-refractivity contribution in [2.45, 2.75) is 44.3 Å². The maximum atomic E-state index is 3.75. The van der Waals surface area contributed by atoms with E-state index in [9.17, 15) is 0 Å². The van der Waals surface area contributed by atoms with Crippen molar-refractivity contribution >= 4 is 12.4 Å². The van der Waals surface area contributed by atoms with Gasteiger partial charge in [0.2, 0.25) is 0 Å². The molecule has 3 heteroatoms. The SMILES string of the molecule is CC(c1ccccc1)N1CCC2CCC(C1)N2.Cl. The number of fused-ring (bicyclic) bond motifs is 2. The molecular weight excluding hydrogens is 244 g/mol. The predicted molar refractivity (Wildman–Crippen MR) is 78.2 cm³/mol. The van der Waals surface area contributed by atoms with Crippen LogP contribution in [-0.4, -0.2) is 30.1 Å². The van der Waals surface area contributed by atoms with Gasteiger partial charge in [0.15, 0.2) is 0 Å². The van der Waals surface area contributed by atoms with Crippen molar-refractivity contribution in [1.82, 2.24) is 10.2 Å². The topological polar surface area (TPSA) is 15.3 Å². The van der Waals surface area contributed by atoms with Crippen molar-refractivity contribution in [1.29, 1.82) is 0 Å². The Labute approximate surface area is 116 Å². The number of hydrogen-bond donors (Lipinski definition) is 1. The Bertz CT molecular complexity index is 368. The molecule has 2 saturated heterocycles. The molecule has 1 aromatic rings. The number of likely N-dealkylation sites (tertiary alicyclic amines) is 1. The molecule has 3 atom stereocenters. The highest BCUT2D eigenvalue weighted by atomic mass is 35.5. The molecule has 2 heterocycles. The van der Waals surface area contributed by atoms with E-state index in [1.165, 1.54) is 37.9 Å². The van der Waals surface area contributed by atoms with Crippen LogP contribution in [0, 0.1) is 0 Å². The molecule has 18 heavy (non-hydrogen) atoms. The Balaban J connectivity index is 0.00000120. The molecule has 2 fully saturated rings. The standard InChI is InChI=1S/C15H22N2.ClH/c1-12(13-5-3-2-4-6-13)17-10-9-14-7-8-15(11-17)16-14;/h2-6,12,14-16H,7-11H2,1H3;1H. The molecule has 3 rings (SSSR count). The van der Waals surface area contributed by atoms with Crippen LogP contribution in [0.5, 0.6) is 0 Å². The van der Waals surface area contributed by atoms with E-state index in [-0.39, 0.29) is 12.4 Å². The van der Waals surface area contributed by atoms with Gasteiger partial charge in [-0.3, -0.25) is 4.90 Å². The molecule has 0 amide bonds. The van der Waals surface area contributed by atoms with Gasteiger partial charge in [-0.15, -0.1) is 12.4 Å². The summed E-state index contributed by atoms with van der Waals surface area (Å²) in [6.45, 7) is 4.80. The minimum absolute atomic E-state index is 0. The summed E-state index contributed by atoms with van der Waals surface area (Å²) in [4.78, 5) is 2.64. The van der Waals surface area contributed by atoms with Crippen LogP contribution in [0.25, 0.3) is 0 Å². The van der Waals surface area contributed by atoms with Gasteiger partial charge < -0.3 is 5.32 Å². The van der Waals surface area contributed by atoms with Crippen molar-refractivity contribution in [3.63, 3.8) is 0 Å². The zero-order valence-corrected chi connectivity index (χ0v) is 11.8. The lowest BCUT2D eigenvalue weighted by Gasteiger charge is -2.30. The van der Waals surface area contributed by atoms with E-state index < -0.39 is 0 Å². The van der Waals surface area contributed by atoms with Crippen LogP contribution < -0.4 is 5.32 Å². The first-order chi connectivity index (χ1) is 8.33. The molecule has 0 spiro atoms. The molecule has 2 aliphatic rings. The normalized spacial score (nSPS) is 29.4. The van der Waals surface area contributed by atoms with E-state index in [0.29, 0.717) is 6.04 Å². The van der Waals surface area contributed by atoms with Gasteiger partial charge in [-0.05, 0) is 31.7 Å². The van der Waals surface area contributed by atoms with Crippen LogP contribution in [0.3, 0.4) is 0 Å². The third kappa shape index (κ3) is 2.87. The summed E-state index contributed by atoms with van der Waals surface area (Å²) in [6.07, 6.45) is 4.06. The molecule has 1 aromatic carbocycles. The van der Waals surface area contributed by atoms with Crippen molar-refractivity contribution in [3.8, 4) is 0 Å². The summed E-state index contributed by atoms with van der Waals surface area (Å²) in [5, 5.41) is 3.75. The average Bonchev–Trinajstić information content (AvgIpc) is 2.69. The molecule has 2 aliphatic heterocycles. The summed E-state index contributed by atoms with van der Waals surface area (Å²) in [7, 11) is 0. The minimum Gasteiger partial charge on any atom is -0.310 e. The summed E-state index contributed by atoms with van der Waals surface area (Å²) in [5.74, 6) is 0. The van der Waals surface area contributed by atoms with Crippen molar-refractivity contribution < 1.29 is 0 Å². The number of rotatable bonds is 2. The van der Waals surface area contributed by atoms with Gasteiger partial charge in [0.1, 0.15) is 0 Å². The van der Waals surface area contributed by atoms with E-state index in [2.05, 4.69) is 47.5 Å². The van der Waals surface area contributed by atoms with E-state index in [0.717, 1.165) is 12.1 Å². The van der Waals surface area contributed by atoms with Crippen molar-refractivity contribution in [2.75, 3.05) is 13.1 Å². The van der Waals surface area contributed by atoms with Gasteiger partial charge in [-0.1, -0.05) is 30.3 Å². The van der Waals surface area contributed by atoms with E-state index in [4.69, 9.17) is 0 Å². The molecule has 0 radical (unpaired) electrons. The number of benzene rings is 1. The van der Waals surface area contributed by atoms with Crippen molar-refractivity contribution in [3.05, 3.63) is 35.9 Å². The Morgan fingerprint density at radius 3 is 2.61 bits per heavy atom. The van der Waals surface area contributed by atoms with Crippen LogP contribution in [0.4, 0.5) is 0 Å². The van der Waals surface area contributed by atoms with Gasteiger partial charge in [0.05, 0.1) is 0 Å². The molecular formula is C15H23ClN2. The highest BCUT2D eigenvalue weighted by Gasteiger charge is 2.31. The molecule has 0 aliphatic carbocycles. The van der Waals surface area contributed by atoms with Gasteiger partial charge in [-0.2, -0.15) is 0 Å². The number of nitrogens with one attached hydrogen (secondary N) is 1. The summed E-state index contributed by atoms with van der Waals surface area (Å²) >= 11 is 0. The molecule has 0 aromatic heterocycles. The first-order valence-electron chi connectivity index (χ1n) is 6.88. The summed E-state index contributed by atoms with van der Waals surface area (Å²) < 4.78 is 0. The molecule has 3 unspecified atom stereocenters. The van der Waals surface area contributed by atoms with Gasteiger partial charge >= 0.3 is 0 Å². The molecule has 100 valence electrons. The minimum atomic E-state index is 0. The first kappa shape index (κ1) is 13.9. The van der Waals surface area contributed by atoms with Gasteiger partial charge in [0, 0.05) is 31.2 Å². The van der Waals surface area contributed by atoms with Crippen LogP contribution in [0.1, 0.15) is 37.8 Å². The quantitative estimate of drug-likeness (QED) is 0.885. The predicted octanol–water partition coefficient (Wildman–Crippen LogP) is 3.00. The Morgan fingerprint density at radius 1 is 1.11 bits per heavy atom. The maximum Gasteiger partial charge on any atom is 0.0320 e. The molecule has 0 saturated carbocycles. The number of nitrogens with zero attached hydrogens (tertiary/aromatic N) is 1. The largest absolute Gasteiger partial charge is 0.310 e. The van der Waals surface area contributed by atoms with Crippen LogP contribution in [0.2, 0.25) is 0 Å². The first-order valence-corrected chi connectivity index (χ1v) is 6.88. The third-order valence-electron chi connectivity index (χ3n) is 4.38. The molecule has 1 N–H and O–H groups in total. The van der Waals surface area contributed by atoms with E-state index in [1.54, 1.807) is 0 Å². The lowest BCUT2D eigenvalue weighted by molar-refractivity contribution is 0.200. The second-order valence-corrected chi connectivity index (χ2v) is 5.51. The van der Waals surface area contributed by atoms with Gasteiger partial charge in [0.25, 0.3) is 0 Å². The smallest absolute Gasteiger partial charge is 0.0320 e. The Morgan fingerprint density at radius 2 is 1.83 bits per heavy atom. The second-order valence-electron chi connectivity index (χ2n) is 5.51. The lowest BCUT2D eigenvalue weighted by Crippen LogP contribution is -2.36. The zero-order valence-electron chi connectivity index (χ0n) is 11.0. The zero-order chi connectivity index (χ0) is 11.7. The fourth-order valence-corrected chi connectivity index (χ4v) is 3.26. The fourth-order valence-electron chi connectivity index (χ4n) is 3.26. The molecule has 2 bridgehead atoms. The highest BCUT2D eigenvalue weighted by Crippen LogP contribution is 2.26. The van der Waals surface area contributed by atoms with E-state index in [1.807, 2.05) is 0 Å². The van der Waals surface area contributed by atoms with Crippen LogP contribution >= 0.6 is 12.4 Å². The lowest BCUT2D eigenvalue weighted by atomic mass is 10.0. The average molecular weight is 267 g/mol. The fraction of sp³-hybridized carbons (Fsp3) is 0.600. The highest BCUT2D eigenvalue weighted by molar-refractivity contribution is 5.85. The second kappa shape index (κ2) is 6.05. The van der Waals surface area contributed by atoms with Crippen LogP contribution in [0.15, 0.2) is 30.3 Å². The Kier molecular flexibility index (Phi) is 4.66. The van der Waals surface area contributed by atoms with Crippen molar-refractivity contribution in [2.24, 2.45) is 0 Å².